The van der Waals surface area contributed by atoms with Crippen LogP contribution in [-0.2, 0) is 27.9 Å². The van der Waals surface area contributed by atoms with Crippen LogP contribution in [0.2, 0.25) is 0 Å². The summed E-state index contributed by atoms with van der Waals surface area (Å²) in [6, 6.07) is 20.0. The summed E-state index contributed by atoms with van der Waals surface area (Å²) in [7, 11) is 0. The van der Waals surface area contributed by atoms with Crippen molar-refractivity contribution >= 4 is 38.3 Å². The van der Waals surface area contributed by atoms with Gasteiger partial charge in [0.25, 0.3) is 5.91 Å². The molecule has 3 aromatic rings. The van der Waals surface area contributed by atoms with Crippen molar-refractivity contribution in [2.45, 2.75) is 18.4 Å². The first-order chi connectivity index (χ1) is 12.7. The molecule has 4 nitrogen and oxygen atoms in total. The van der Waals surface area contributed by atoms with Gasteiger partial charge < -0.3 is 4.74 Å². The molecule has 134 valence electrons. The zero-order valence-electron chi connectivity index (χ0n) is 14.2. The van der Waals surface area contributed by atoms with Gasteiger partial charge in [-0.2, -0.15) is 0 Å². The highest BCUT2D eigenvalue weighted by Gasteiger charge is 2.13. The fourth-order valence-electron chi connectivity index (χ4n) is 2.45. The average molecular weight is 431 g/mol. The summed E-state index contributed by atoms with van der Waals surface area (Å²) < 4.78 is 5.47. The van der Waals surface area contributed by atoms with Crippen LogP contribution in [0.3, 0.4) is 0 Å². The summed E-state index contributed by atoms with van der Waals surface area (Å²) in [6.07, 6.45) is 0.805. The summed E-state index contributed by atoms with van der Waals surface area (Å²) in [5.74, 6) is -0.193. The molecule has 0 spiro atoms. The maximum Gasteiger partial charge on any atom is 0.252 e. The highest BCUT2D eigenvalue weighted by Crippen LogP contribution is 2.27. The maximum atomic E-state index is 12.1. The third kappa shape index (κ3) is 5.49. The lowest BCUT2D eigenvalue weighted by Crippen LogP contribution is -2.18. The number of alkyl halides is 1. The van der Waals surface area contributed by atoms with Crippen LogP contribution < -0.4 is 5.32 Å². The van der Waals surface area contributed by atoms with E-state index in [-0.39, 0.29) is 12.5 Å². The molecule has 0 bridgehead atoms. The summed E-state index contributed by atoms with van der Waals surface area (Å²) in [5.41, 5.74) is 3.23. The largest absolute Gasteiger partial charge is 0.367 e. The number of anilines is 1. The minimum Gasteiger partial charge on any atom is -0.367 e. The second kappa shape index (κ2) is 9.62. The van der Waals surface area contributed by atoms with Gasteiger partial charge in [-0.1, -0.05) is 76.6 Å². The molecule has 1 amide bonds. The summed E-state index contributed by atoms with van der Waals surface area (Å²) in [5, 5.41) is 4.10. The van der Waals surface area contributed by atoms with Crippen molar-refractivity contribution in [1.82, 2.24) is 4.98 Å². The molecule has 0 aliphatic carbocycles. The molecule has 0 saturated heterocycles. The van der Waals surface area contributed by atoms with E-state index in [0.29, 0.717) is 17.1 Å². The van der Waals surface area contributed by atoms with E-state index in [9.17, 15) is 4.79 Å². The third-order valence-corrected chi connectivity index (χ3v) is 5.25. The van der Waals surface area contributed by atoms with Crippen LogP contribution in [0.1, 0.15) is 21.7 Å². The van der Waals surface area contributed by atoms with E-state index in [1.807, 2.05) is 48.5 Å². The van der Waals surface area contributed by atoms with Crippen LogP contribution in [-0.4, -0.2) is 17.5 Å². The molecule has 0 unspecified atom stereocenters. The van der Waals surface area contributed by atoms with Crippen molar-refractivity contribution < 1.29 is 9.53 Å². The van der Waals surface area contributed by atoms with Gasteiger partial charge in [-0.3, -0.25) is 10.1 Å². The zero-order chi connectivity index (χ0) is 18.2. The number of carbonyl (C=O) groups is 1. The molecule has 0 aliphatic heterocycles. The fraction of sp³-hybridized carbons (Fsp3) is 0.200. The zero-order valence-corrected chi connectivity index (χ0v) is 16.6. The van der Waals surface area contributed by atoms with E-state index in [0.717, 1.165) is 22.6 Å². The van der Waals surface area contributed by atoms with Gasteiger partial charge in [-0.15, -0.1) is 11.3 Å². The van der Waals surface area contributed by atoms with Crippen molar-refractivity contribution in [3.8, 4) is 0 Å². The number of thiazole rings is 1. The van der Waals surface area contributed by atoms with Gasteiger partial charge in [-0.25, -0.2) is 4.98 Å². The monoisotopic (exact) mass is 430 g/mol. The Balaban J connectivity index is 1.54. The third-order valence-electron chi connectivity index (χ3n) is 3.70. The molecule has 6 heteroatoms. The highest BCUT2D eigenvalue weighted by molar-refractivity contribution is 9.08. The molecule has 1 N–H and O–H groups in total. The Kier molecular flexibility index (Phi) is 6.94. The van der Waals surface area contributed by atoms with Crippen molar-refractivity contribution in [3.63, 3.8) is 0 Å². The van der Waals surface area contributed by atoms with Crippen LogP contribution in [0.5, 0.6) is 0 Å². The molecule has 3 rings (SSSR count). The second-order valence-electron chi connectivity index (χ2n) is 5.71. The van der Waals surface area contributed by atoms with Gasteiger partial charge in [0.05, 0.1) is 12.3 Å². The Morgan fingerprint density at radius 1 is 1.04 bits per heavy atom. The van der Waals surface area contributed by atoms with E-state index >= 15 is 0 Å². The lowest BCUT2D eigenvalue weighted by atomic mass is 10.1. The Bertz CT molecular complexity index is 838. The first-order valence-corrected chi connectivity index (χ1v) is 10.2. The smallest absolute Gasteiger partial charge is 0.252 e. The van der Waals surface area contributed by atoms with Gasteiger partial charge in [0.15, 0.2) is 5.13 Å². The molecule has 2 aromatic carbocycles. The molecular weight excluding hydrogens is 412 g/mol. The number of benzene rings is 2. The topological polar surface area (TPSA) is 51.2 Å². The van der Waals surface area contributed by atoms with E-state index in [1.54, 1.807) is 0 Å². The van der Waals surface area contributed by atoms with Gasteiger partial charge in [0.1, 0.15) is 6.61 Å². The Labute approximate surface area is 165 Å². The Morgan fingerprint density at radius 2 is 1.69 bits per heavy atom. The van der Waals surface area contributed by atoms with E-state index in [4.69, 9.17) is 4.74 Å². The van der Waals surface area contributed by atoms with Crippen LogP contribution >= 0.6 is 27.3 Å². The van der Waals surface area contributed by atoms with Crippen molar-refractivity contribution in [2.24, 2.45) is 0 Å². The predicted molar refractivity (Wildman–Crippen MR) is 109 cm³/mol. The Hall–Kier alpha value is -2.02. The first kappa shape index (κ1) is 18.8. The predicted octanol–water partition coefficient (Wildman–Crippen LogP) is 4.78. The molecule has 1 heterocycles. The lowest BCUT2D eigenvalue weighted by Gasteiger charge is -2.04. The number of rotatable bonds is 8. The molecule has 0 aliphatic rings. The number of nitrogens with one attached hydrogen (secondary N) is 1. The number of ether oxygens (including phenoxy) is 1. The minimum absolute atomic E-state index is 0.00609. The SMILES string of the molecule is O=C(COCc1ccccc1)Nc1nc(CBr)c(Cc2ccccc2)s1. The number of nitrogens with zero attached hydrogens (tertiary/aromatic N) is 1. The number of amides is 1. The summed E-state index contributed by atoms with van der Waals surface area (Å²) >= 11 is 4.98. The normalized spacial score (nSPS) is 10.7. The highest BCUT2D eigenvalue weighted by atomic mass is 79.9. The van der Waals surface area contributed by atoms with Crippen LogP contribution in [0.15, 0.2) is 60.7 Å². The van der Waals surface area contributed by atoms with Crippen molar-refractivity contribution in [1.29, 1.82) is 0 Å². The number of hydrogen-bond donors (Lipinski definition) is 1. The van der Waals surface area contributed by atoms with Gasteiger partial charge in [-0.05, 0) is 11.1 Å². The van der Waals surface area contributed by atoms with Gasteiger partial charge >= 0.3 is 0 Å². The van der Waals surface area contributed by atoms with E-state index < -0.39 is 0 Å². The molecule has 1 aromatic heterocycles. The van der Waals surface area contributed by atoms with Crippen molar-refractivity contribution in [2.75, 3.05) is 11.9 Å². The minimum atomic E-state index is -0.193. The van der Waals surface area contributed by atoms with Crippen molar-refractivity contribution in [3.05, 3.63) is 82.4 Å². The number of carbonyl (C=O) groups excluding carboxylic acids is 1. The lowest BCUT2D eigenvalue weighted by molar-refractivity contribution is -0.121. The number of aromatic nitrogens is 1. The van der Waals surface area contributed by atoms with Crippen LogP contribution in [0.4, 0.5) is 5.13 Å². The van der Waals surface area contributed by atoms with E-state index in [1.165, 1.54) is 16.9 Å². The molecule has 0 radical (unpaired) electrons. The van der Waals surface area contributed by atoms with Crippen LogP contribution in [0.25, 0.3) is 0 Å². The van der Waals surface area contributed by atoms with Crippen LogP contribution in [0, 0.1) is 0 Å². The quantitative estimate of drug-likeness (QED) is 0.522. The molecule has 0 atom stereocenters. The fourth-order valence-corrected chi connectivity index (χ4v) is 4.13. The number of hydrogen-bond acceptors (Lipinski definition) is 4. The molecule has 26 heavy (non-hydrogen) atoms. The maximum absolute atomic E-state index is 12.1. The average Bonchev–Trinajstić information content (AvgIpc) is 3.04. The van der Waals surface area contributed by atoms with Gasteiger partial charge in [0.2, 0.25) is 0 Å². The molecule has 0 saturated carbocycles. The summed E-state index contributed by atoms with van der Waals surface area (Å²) in [6.45, 7) is 0.421. The molecule has 0 fully saturated rings. The molecular formula is C20H19BrN2O2S. The second-order valence-corrected chi connectivity index (χ2v) is 7.36. The standard InChI is InChI=1S/C20H19BrN2O2S/c21-12-17-18(11-15-7-3-1-4-8-15)26-20(22-17)23-19(24)14-25-13-16-9-5-2-6-10-16/h1-10H,11-14H2,(H,22,23,24). The number of halogens is 1. The summed E-state index contributed by atoms with van der Waals surface area (Å²) in [4.78, 5) is 17.8. The van der Waals surface area contributed by atoms with Gasteiger partial charge in [0, 0.05) is 16.6 Å². The van der Waals surface area contributed by atoms with E-state index in [2.05, 4.69) is 38.4 Å². The Morgan fingerprint density at radius 3 is 2.35 bits per heavy atom. The first-order valence-electron chi connectivity index (χ1n) is 8.24.